The van der Waals surface area contributed by atoms with E-state index in [1.54, 1.807) is 42.6 Å². The predicted octanol–water partition coefficient (Wildman–Crippen LogP) is 7.53. The number of hydrogen-bond acceptors (Lipinski definition) is 5. The molecule has 42 heavy (non-hydrogen) atoms. The summed E-state index contributed by atoms with van der Waals surface area (Å²) in [6.07, 6.45) is 1.70. The highest BCUT2D eigenvalue weighted by molar-refractivity contribution is 6.31. The van der Waals surface area contributed by atoms with Crippen molar-refractivity contribution in [2.24, 2.45) is 5.10 Å². The second kappa shape index (κ2) is 10.2. The number of nitriles is 1. The fourth-order valence-electron chi connectivity index (χ4n) is 5.39. The Kier molecular flexibility index (Phi) is 6.19. The molecule has 0 aliphatic heterocycles. The van der Waals surface area contributed by atoms with Crippen LogP contribution in [0.1, 0.15) is 22.4 Å². The number of benzene rings is 4. The first-order chi connectivity index (χ1) is 20.5. The summed E-state index contributed by atoms with van der Waals surface area (Å²) in [5, 5.41) is 17.2. The summed E-state index contributed by atoms with van der Waals surface area (Å²) >= 11 is 6.20. The number of aromatic nitrogens is 3. The predicted molar refractivity (Wildman–Crippen MR) is 166 cm³/mol. The van der Waals surface area contributed by atoms with E-state index in [1.807, 2.05) is 67.6 Å². The molecule has 0 fully saturated rings. The molecular weight excluding hydrogens is 546 g/mol. The van der Waals surface area contributed by atoms with Crippen LogP contribution < -0.4 is 5.56 Å². The number of furan rings is 1. The van der Waals surface area contributed by atoms with Crippen molar-refractivity contribution in [3.05, 3.63) is 135 Å². The van der Waals surface area contributed by atoms with Crippen LogP contribution in [0, 0.1) is 18.3 Å². The maximum atomic E-state index is 13.8. The van der Waals surface area contributed by atoms with Gasteiger partial charge in [-0.1, -0.05) is 60.1 Å². The largest absolute Gasteiger partial charge is 0.453 e. The molecule has 3 heterocycles. The Morgan fingerprint density at radius 3 is 2.60 bits per heavy atom. The molecule has 0 amide bonds. The van der Waals surface area contributed by atoms with Gasteiger partial charge in [0, 0.05) is 39.1 Å². The van der Waals surface area contributed by atoms with Crippen LogP contribution in [0.15, 0.2) is 111 Å². The van der Waals surface area contributed by atoms with Crippen LogP contribution in [-0.2, 0) is 6.54 Å². The first kappa shape index (κ1) is 25.5. The minimum Gasteiger partial charge on any atom is -0.453 e. The molecule has 0 saturated heterocycles. The Morgan fingerprint density at radius 2 is 1.74 bits per heavy atom. The Bertz CT molecular complexity index is 2300. The zero-order valence-corrected chi connectivity index (χ0v) is 23.2. The highest BCUT2D eigenvalue weighted by Crippen LogP contribution is 2.30. The highest BCUT2D eigenvalue weighted by atomic mass is 35.5. The summed E-state index contributed by atoms with van der Waals surface area (Å²) in [4.78, 5) is 18.6. The molecule has 7 aromatic rings. The first-order valence-corrected chi connectivity index (χ1v) is 13.7. The van der Waals surface area contributed by atoms with E-state index < -0.39 is 0 Å². The maximum absolute atomic E-state index is 13.8. The van der Waals surface area contributed by atoms with E-state index in [0.717, 1.165) is 33.1 Å². The average Bonchev–Trinajstić information content (AvgIpc) is 3.55. The summed E-state index contributed by atoms with van der Waals surface area (Å²) in [5.74, 6) is 0.686. The van der Waals surface area contributed by atoms with Gasteiger partial charge in [-0.2, -0.15) is 15.0 Å². The van der Waals surface area contributed by atoms with Crippen molar-refractivity contribution >= 4 is 50.6 Å². The number of hydrogen-bond donors (Lipinski definition) is 0. The zero-order chi connectivity index (χ0) is 28.8. The second-order valence-corrected chi connectivity index (χ2v) is 10.4. The standard InChI is InChI=1S/C34H22ClN5O2/c1-21-28(26-10-5-7-13-30(26)39(21)20-23-9-3-2-8-22(23)18-36)19-37-40-33(38-29-12-6-4-11-27(29)34(40)41)32-17-24-16-25(35)14-15-31(24)42-32/h2-17,19H,20H2,1H3. The van der Waals surface area contributed by atoms with E-state index >= 15 is 0 Å². The lowest BCUT2D eigenvalue weighted by molar-refractivity contribution is 0.616. The van der Waals surface area contributed by atoms with Crippen LogP contribution in [0.4, 0.5) is 0 Å². The maximum Gasteiger partial charge on any atom is 0.282 e. The summed E-state index contributed by atoms with van der Waals surface area (Å²) in [6, 6.07) is 32.3. The molecule has 202 valence electrons. The molecule has 0 atom stereocenters. The lowest BCUT2D eigenvalue weighted by atomic mass is 10.1. The molecule has 0 bridgehead atoms. The third kappa shape index (κ3) is 4.26. The molecule has 8 heteroatoms. The van der Waals surface area contributed by atoms with Crippen molar-refractivity contribution in [1.82, 2.24) is 14.2 Å². The van der Waals surface area contributed by atoms with Crippen molar-refractivity contribution in [2.75, 3.05) is 0 Å². The monoisotopic (exact) mass is 567 g/mol. The second-order valence-electron chi connectivity index (χ2n) is 9.98. The van der Waals surface area contributed by atoms with Crippen LogP contribution in [0.25, 0.3) is 44.4 Å². The quantitative estimate of drug-likeness (QED) is 0.201. The Morgan fingerprint density at radius 1 is 0.976 bits per heavy atom. The van der Waals surface area contributed by atoms with E-state index in [9.17, 15) is 10.1 Å². The SMILES string of the molecule is Cc1c(C=Nn2c(-c3cc4cc(Cl)ccc4o3)nc3ccccc3c2=O)c2ccccc2n1Cc1ccccc1C#N. The fraction of sp³-hybridized carbons (Fsp3) is 0.0588. The highest BCUT2D eigenvalue weighted by Gasteiger charge is 2.18. The fourth-order valence-corrected chi connectivity index (χ4v) is 5.57. The van der Waals surface area contributed by atoms with E-state index in [2.05, 4.69) is 10.6 Å². The van der Waals surface area contributed by atoms with Crippen molar-refractivity contribution in [3.63, 3.8) is 0 Å². The van der Waals surface area contributed by atoms with Gasteiger partial charge in [0.1, 0.15) is 5.58 Å². The number of rotatable bonds is 5. The van der Waals surface area contributed by atoms with Crippen LogP contribution in [0.2, 0.25) is 5.02 Å². The van der Waals surface area contributed by atoms with Crippen LogP contribution in [0.3, 0.4) is 0 Å². The molecule has 4 aromatic carbocycles. The molecule has 7 rings (SSSR count). The van der Waals surface area contributed by atoms with Gasteiger partial charge in [0.25, 0.3) is 5.56 Å². The Hall–Kier alpha value is -5.45. The molecule has 0 spiro atoms. The van der Waals surface area contributed by atoms with Gasteiger partial charge in [-0.25, -0.2) is 4.98 Å². The zero-order valence-electron chi connectivity index (χ0n) is 22.5. The average molecular weight is 568 g/mol. The van der Waals surface area contributed by atoms with Crippen molar-refractivity contribution in [1.29, 1.82) is 5.26 Å². The lowest BCUT2D eigenvalue weighted by Crippen LogP contribution is -2.20. The Balaban J connectivity index is 1.41. The van der Waals surface area contributed by atoms with Gasteiger partial charge in [-0.3, -0.25) is 4.79 Å². The van der Waals surface area contributed by atoms with Crippen molar-refractivity contribution < 1.29 is 4.42 Å². The smallest absolute Gasteiger partial charge is 0.282 e. The van der Waals surface area contributed by atoms with Crippen LogP contribution in [0.5, 0.6) is 0 Å². The van der Waals surface area contributed by atoms with Gasteiger partial charge < -0.3 is 8.98 Å². The number of halogens is 1. The van der Waals surface area contributed by atoms with Crippen molar-refractivity contribution in [3.8, 4) is 17.7 Å². The Labute approximate surface area is 245 Å². The summed E-state index contributed by atoms with van der Waals surface area (Å²) in [5.41, 5.74) is 5.24. The van der Waals surface area contributed by atoms with E-state index in [-0.39, 0.29) is 11.4 Å². The first-order valence-electron chi connectivity index (χ1n) is 13.3. The summed E-state index contributed by atoms with van der Waals surface area (Å²) < 4.78 is 9.56. The molecule has 0 aliphatic rings. The molecule has 0 saturated carbocycles. The molecule has 3 aromatic heterocycles. The van der Waals surface area contributed by atoms with Gasteiger partial charge >= 0.3 is 0 Å². The summed E-state index contributed by atoms with van der Waals surface area (Å²) in [7, 11) is 0. The third-order valence-electron chi connectivity index (χ3n) is 7.50. The number of fused-ring (bicyclic) bond motifs is 3. The molecule has 0 N–H and O–H groups in total. The minimum absolute atomic E-state index is 0.284. The molecule has 7 nitrogen and oxygen atoms in total. The van der Waals surface area contributed by atoms with Gasteiger partial charge in [-0.15, -0.1) is 0 Å². The molecule has 0 radical (unpaired) electrons. The van der Waals surface area contributed by atoms with E-state index in [1.165, 1.54) is 4.68 Å². The van der Waals surface area contributed by atoms with Gasteiger partial charge in [0.15, 0.2) is 5.76 Å². The lowest BCUT2D eigenvalue weighted by Gasteiger charge is -2.10. The van der Waals surface area contributed by atoms with Gasteiger partial charge in [-0.05, 0) is 61.0 Å². The number of nitrogens with zero attached hydrogens (tertiary/aromatic N) is 5. The van der Waals surface area contributed by atoms with Crippen molar-refractivity contribution in [2.45, 2.75) is 13.5 Å². The third-order valence-corrected chi connectivity index (χ3v) is 7.74. The molecular formula is C34H22ClN5O2. The topological polar surface area (TPSA) is 89.1 Å². The molecule has 0 aliphatic carbocycles. The number of para-hydroxylation sites is 2. The van der Waals surface area contributed by atoms with Crippen LogP contribution in [-0.4, -0.2) is 20.4 Å². The summed E-state index contributed by atoms with van der Waals surface area (Å²) in [6.45, 7) is 2.54. The minimum atomic E-state index is -0.310. The molecule has 0 unspecified atom stereocenters. The van der Waals surface area contributed by atoms with Gasteiger partial charge in [0.2, 0.25) is 5.82 Å². The van der Waals surface area contributed by atoms with E-state index in [0.29, 0.717) is 39.4 Å². The normalized spacial score (nSPS) is 11.6. The van der Waals surface area contributed by atoms with Crippen LogP contribution >= 0.6 is 11.6 Å². The van der Waals surface area contributed by atoms with E-state index in [4.69, 9.17) is 26.1 Å². The van der Waals surface area contributed by atoms with Gasteiger partial charge in [0.05, 0.1) is 28.8 Å².